The van der Waals surface area contributed by atoms with Crippen molar-refractivity contribution in [1.82, 2.24) is 10.2 Å². The fraction of sp³-hybridized carbons (Fsp3) is 1.00. The van der Waals surface area contributed by atoms with Crippen molar-refractivity contribution < 1.29 is 0 Å². The molecule has 2 heteroatoms. The van der Waals surface area contributed by atoms with E-state index in [9.17, 15) is 0 Å². The van der Waals surface area contributed by atoms with E-state index in [1.807, 2.05) is 0 Å². The summed E-state index contributed by atoms with van der Waals surface area (Å²) in [5.74, 6) is 1.82. The van der Waals surface area contributed by atoms with E-state index in [1.54, 1.807) is 0 Å². The minimum atomic E-state index is 0.759. The van der Waals surface area contributed by atoms with Crippen LogP contribution in [0.5, 0.6) is 0 Å². The Labute approximate surface area is 101 Å². The lowest BCUT2D eigenvalue weighted by molar-refractivity contribution is 0.107. The first-order valence-electron chi connectivity index (χ1n) is 7.10. The zero-order chi connectivity index (χ0) is 11.5. The number of rotatable bonds is 3. The lowest BCUT2D eigenvalue weighted by Gasteiger charge is -2.40. The Morgan fingerprint density at radius 2 is 2.00 bits per heavy atom. The summed E-state index contributed by atoms with van der Waals surface area (Å²) in [7, 11) is 2.33. The second kappa shape index (κ2) is 5.50. The third-order valence-corrected chi connectivity index (χ3v) is 4.65. The van der Waals surface area contributed by atoms with Crippen molar-refractivity contribution in [3.05, 3.63) is 0 Å². The Morgan fingerprint density at radius 3 is 2.69 bits per heavy atom. The number of nitrogens with one attached hydrogen (secondary N) is 1. The maximum Gasteiger partial charge on any atom is 0.0195 e. The molecule has 1 heterocycles. The van der Waals surface area contributed by atoms with E-state index in [0.29, 0.717) is 0 Å². The average molecular weight is 224 g/mol. The van der Waals surface area contributed by atoms with Crippen LogP contribution in [0.4, 0.5) is 0 Å². The molecule has 4 atom stereocenters. The molecule has 1 N–H and O–H groups in total. The molecule has 2 nitrogen and oxygen atoms in total. The van der Waals surface area contributed by atoms with Gasteiger partial charge in [0.25, 0.3) is 0 Å². The number of nitrogens with zero attached hydrogens (tertiary/aromatic N) is 1. The average Bonchev–Trinajstić information content (AvgIpc) is 2.74. The van der Waals surface area contributed by atoms with E-state index in [4.69, 9.17) is 0 Å². The van der Waals surface area contributed by atoms with E-state index >= 15 is 0 Å². The third kappa shape index (κ3) is 2.98. The lowest BCUT2D eigenvalue weighted by Crippen LogP contribution is -2.46. The molecule has 0 aromatic heterocycles. The Bertz CT molecular complexity index is 211. The van der Waals surface area contributed by atoms with Crippen molar-refractivity contribution >= 4 is 0 Å². The van der Waals surface area contributed by atoms with Crippen LogP contribution < -0.4 is 5.32 Å². The van der Waals surface area contributed by atoms with Gasteiger partial charge in [0.15, 0.2) is 0 Å². The SMILES string of the molecule is CC1CCC(C)C(N(C)CC2CCCN2)C1. The van der Waals surface area contributed by atoms with Gasteiger partial charge >= 0.3 is 0 Å². The lowest BCUT2D eigenvalue weighted by atomic mass is 9.79. The second-order valence-corrected chi connectivity index (χ2v) is 6.20. The van der Waals surface area contributed by atoms with Crippen LogP contribution in [0, 0.1) is 11.8 Å². The maximum absolute atomic E-state index is 3.61. The molecule has 4 unspecified atom stereocenters. The molecule has 0 aromatic rings. The van der Waals surface area contributed by atoms with E-state index in [2.05, 4.69) is 31.1 Å². The standard InChI is InChI=1S/C14H28N2/c1-11-6-7-12(2)14(9-11)16(3)10-13-5-4-8-15-13/h11-15H,4-10H2,1-3H3. The molecule has 94 valence electrons. The Kier molecular flexibility index (Phi) is 4.26. The number of likely N-dealkylation sites (N-methyl/N-ethyl adjacent to an activating group) is 1. The van der Waals surface area contributed by atoms with Gasteiger partial charge in [0.1, 0.15) is 0 Å². The van der Waals surface area contributed by atoms with Crippen molar-refractivity contribution in [2.75, 3.05) is 20.1 Å². The van der Waals surface area contributed by atoms with Crippen molar-refractivity contribution in [3.8, 4) is 0 Å². The van der Waals surface area contributed by atoms with Gasteiger partial charge in [0.05, 0.1) is 0 Å². The zero-order valence-corrected chi connectivity index (χ0v) is 11.2. The molecule has 1 saturated carbocycles. The first-order chi connectivity index (χ1) is 7.66. The highest BCUT2D eigenvalue weighted by Gasteiger charge is 2.29. The van der Waals surface area contributed by atoms with Gasteiger partial charge in [-0.1, -0.05) is 20.3 Å². The van der Waals surface area contributed by atoms with Crippen molar-refractivity contribution in [3.63, 3.8) is 0 Å². The topological polar surface area (TPSA) is 15.3 Å². The van der Waals surface area contributed by atoms with E-state index in [-0.39, 0.29) is 0 Å². The monoisotopic (exact) mass is 224 g/mol. The van der Waals surface area contributed by atoms with Crippen LogP contribution in [0.2, 0.25) is 0 Å². The van der Waals surface area contributed by atoms with E-state index < -0.39 is 0 Å². The normalized spacial score (nSPS) is 40.5. The molecule has 0 bridgehead atoms. The summed E-state index contributed by atoms with van der Waals surface area (Å²) in [5, 5.41) is 3.61. The molecule has 16 heavy (non-hydrogen) atoms. The first-order valence-corrected chi connectivity index (χ1v) is 7.10. The Hall–Kier alpha value is -0.0800. The van der Waals surface area contributed by atoms with Crippen molar-refractivity contribution in [2.45, 2.75) is 58.0 Å². The molecule has 1 aliphatic carbocycles. The van der Waals surface area contributed by atoms with E-state index in [1.165, 1.54) is 45.2 Å². The predicted molar refractivity (Wildman–Crippen MR) is 69.6 cm³/mol. The molecule has 2 aliphatic rings. The fourth-order valence-corrected chi connectivity index (χ4v) is 3.51. The van der Waals surface area contributed by atoms with Gasteiger partial charge in [-0.05, 0) is 51.1 Å². The van der Waals surface area contributed by atoms with Gasteiger partial charge in [0.2, 0.25) is 0 Å². The van der Waals surface area contributed by atoms with Gasteiger partial charge in [-0.2, -0.15) is 0 Å². The van der Waals surface area contributed by atoms with Crippen LogP contribution in [0.1, 0.15) is 46.0 Å². The van der Waals surface area contributed by atoms with Crippen molar-refractivity contribution in [1.29, 1.82) is 0 Å². The van der Waals surface area contributed by atoms with Gasteiger partial charge < -0.3 is 10.2 Å². The summed E-state index contributed by atoms with van der Waals surface area (Å²) in [5.41, 5.74) is 0. The third-order valence-electron chi connectivity index (χ3n) is 4.65. The smallest absolute Gasteiger partial charge is 0.0195 e. The molecular formula is C14H28N2. The summed E-state index contributed by atoms with van der Waals surface area (Å²) in [6.07, 6.45) is 7.02. The van der Waals surface area contributed by atoms with Crippen LogP contribution in [0.15, 0.2) is 0 Å². The largest absolute Gasteiger partial charge is 0.313 e. The number of hydrogen-bond acceptors (Lipinski definition) is 2. The van der Waals surface area contributed by atoms with Gasteiger partial charge in [-0.3, -0.25) is 0 Å². The molecule has 0 spiro atoms. The highest BCUT2D eigenvalue weighted by molar-refractivity contribution is 4.85. The summed E-state index contributed by atoms with van der Waals surface area (Å²) >= 11 is 0. The van der Waals surface area contributed by atoms with Crippen LogP contribution >= 0.6 is 0 Å². The fourth-order valence-electron chi connectivity index (χ4n) is 3.51. The van der Waals surface area contributed by atoms with Crippen LogP contribution in [0.3, 0.4) is 0 Å². The van der Waals surface area contributed by atoms with Crippen molar-refractivity contribution in [2.24, 2.45) is 11.8 Å². The molecule has 0 aromatic carbocycles. The van der Waals surface area contributed by atoms with Crippen LogP contribution in [-0.4, -0.2) is 37.1 Å². The van der Waals surface area contributed by atoms with E-state index in [0.717, 1.165) is 23.9 Å². The number of hydrogen-bond donors (Lipinski definition) is 1. The first kappa shape index (κ1) is 12.4. The minimum absolute atomic E-state index is 0.759. The zero-order valence-electron chi connectivity index (χ0n) is 11.2. The summed E-state index contributed by atoms with van der Waals surface area (Å²) < 4.78 is 0. The second-order valence-electron chi connectivity index (χ2n) is 6.20. The molecule has 1 saturated heterocycles. The van der Waals surface area contributed by atoms with Gasteiger partial charge in [0, 0.05) is 18.6 Å². The van der Waals surface area contributed by atoms with Gasteiger partial charge in [-0.15, -0.1) is 0 Å². The minimum Gasteiger partial charge on any atom is -0.313 e. The highest BCUT2D eigenvalue weighted by atomic mass is 15.2. The predicted octanol–water partition coefficient (Wildman–Crippen LogP) is 2.49. The quantitative estimate of drug-likeness (QED) is 0.792. The molecular weight excluding hydrogens is 196 g/mol. The van der Waals surface area contributed by atoms with Gasteiger partial charge in [-0.25, -0.2) is 0 Å². The Balaban J connectivity index is 1.84. The Morgan fingerprint density at radius 1 is 1.19 bits per heavy atom. The highest BCUT2D eigenvalue weighted by Crippen LogP contribution is 2.31. The summed E-state index contributed by atoms with van der Waals surface area (Å²) in [6, 6.07) is 1.58. The molecule has 0 radical (unpaired) electrons. The molecule has 1 aliphatic heterocycles. The van der Waals surface area contributed by atoms with Crippen LogP contribution in [0.25, 0.3) is 0 Å². The maximum atomic E-state index is 3.61. The molecule has 0 amide bonds. The summed E-state index contributed by atoms with van der Waals surface area (Å²) in [4.78, 5) is 2.63. The molecule has 2 rings (SSSR count). The summed E-state index contributed by atoms with van der Waals surface area (Å²) in [6.45, 7) is 7.34. The molecule has 2 fully saturated rings. The van der Waals surface area contributed by atoms with Crippen LogP contribution in [-0.2, 0) is 0 Å².